The van der Waals surface area contributed by atoms with Crippen molar-refractivity contribution in [3.05, 3.63) is 24.3 Å². The van der Waals surface area contributed by atoms with E-state index in [1.165, 1.54) is 0 Å². The molecule has 1 aromatic rings. The number of amides is 1. The number of rotatable bonds is 6. The van der Waals surface area contributed by atoms with Gasteiger partial charge in [-0.25, -0.2) is 0 Å². The third-order valence-electron chi connectivity index (χ3n) is 3.29. The van der Waals surface area contributed by atoms with Gasteiger partial charge in [0.25, 0.3) is 0 Å². The molecule has 0 heterocycles. The number of carbonyl (C=O) groups is 1. The van der Waals surface area contributed by atoms with Crippen LogP contribution in [-0.4, -0.2) is 41.7 Å². The molecule has 4 N–H and O–H groups in total. The maximum atomic E-state index is 11.8. The quantitative estimate of drug-likeness (QED) is 0.677. The third kappa shape index (κ3) is 4.89. The minimum absolute atomic E-state index is 0.0506. The Hall–Kier alpha value is -1.59. The van der Waals surface area contributed by atoms with Crippen LogP contribution in [0.5, 0.6) is 0 Å². The molecule has 0 aromatic heterocycles. The van der Waals surface area contributed by atoms with Gasteiger partial charge in [0.15, 0.2) is 0 Å². The van der Waals surface area contributed by atoms with Gasteiger partial charge in [0.1, 0.15) is 0 Å². The zero-order chi connectivity index (χ0) is 14.5. The summed E-state index contributed by atoms with van der Waals surface area (Å²) in [6.45, 7) is 4.52. The average molecular weight is 265 g/mol. The number of hydrogen-bond acceptors (Lipinski definition) is 4. The minimum atomic E-state index is -0.318. The van der Waals surface area contributed by atoms with Gasteiger partial charge < -0.3 is 16.2 Å². The lowest BCUT2D eigenvalue weighted by Crippen LogP contribution is -2.45. The molecular formula is C14H23N3O2. The summed E-state index contributed by atoms with van der Waals surface area (Å²) in [5, 5.41) is 12.0. The molecule has 0 aliphatic heterocycles. The predicted molar refractivity (Wildman–Crippen MR) is 77.9 cm³/mol. The normalized spacial score (nSPS) is 11.6. The molecule has 0 bridgehead atoms. The van der Waals surface area contributed by atoms with Crippen molar-refractivity contribution in [1.82, 2.24) is 4.90 Å². The molecular weight excluding hydrogens is 242 g/mol. The third-order valence-corrected chi connectivity index (χ3v) is 3.29. The lowest BCUT2D eigenvalue weighted by atomic mass is 10.1. The highest BCUT2D eigenvalue weighted by Crippen LogP contribution is 2.13. The smallest absolute Gasteiger partial charge is 0.225 e. The Morgan fingerprint density at radius 3 is 2.47 bits per heavy atom. The molecule has 5 nitrogen and oxygen atoms in total. The fourth-order valence-electron chi connectivity index (χ4n) is 1.48. The maximum absolute atomic E-state index is 11.8. The van der Waals surface area contributed by atoms with Crippen LogP contribution >= 0.6 is 0 Å². The molecule has 0 unspecified atom stereocenters. The summed E-state index contributed by atoms with van der Waals surface area (Å²) >= 11 is 0. The largest absolute Gasteiger partial charge is 0.399 e. The molecule has 0 saturated heterocycles. The molecule has 0 aliphatic carbocycles. The Balaban J connectivity index is 2.42. The van der Waals surface area contributed by atoms with E-state index in [2.05, 4.69) is 5.32 Å². The first-order valence-corrected chi connectivity index (χ1v) is 6.32. The number of aliphatic hydroxyl groups excluding tert-OH is 1. The van der Waals surface area contributed by atoms with Gasteiger partial charge in [-0.3, -0.25) is 9.69 Å². The van der Waals surface area contributed by atoms with Gasteiger partial charge in [-0.1, -0.05) is 0 Å². The van der Waals surface area contributed by atoms with E-state index < -0.39 is 0 Å². The first-order chi connectivity index (χ1) is 8.85. The van der Waals surface area contributed by atoms with E-state index in [9.17, 15) is 9.90 Å². The van der Waals surface area contributed by atoms with Crippen molar-refractivity contribution in [3.63, 3.8) is 0 Å². The summed E-state index contributed by atoms with van der Waals surface area (Å²) in [6, 6.07) is 7.04. The number of nitrogens with zero attached hydrogens (tertiary/aromatic N) is 1. The van der Waals surface area contributed by atoms with Crippen LogP contribution < -0.4 is 11.1 Å². The Morgan fingerprint density at radius 2 is 1.95 bits per heavy atom. The second kappa shape index (κ2) is 6.54. The molecule has 1 aromatic carbocycles. The number of nitrogens with two attached hydrogens (primary N) is 1. The molecule has 0 saturated carbocycles. The number of hydrogen-bond donors (Lipinski definition) is 3. The molecule has 19 heavy (non-hydrogen) atoms. The lowest BCUT2D eigenvalue weighted by Gasteiger charge is -2.33. The van der Waals surface area contributed by atoms with Crippen molar-refractivity contribution >= 4 is 17.3 Å². The van der Waals surface area contributed by atoms with Crippen LogP contribution in [-0.2, 0) is 4.79 Å². The molecule has 0 fully saturated rings. The molecule has 0 aliphatic rings. The second-order valence-corrected chi connectivity index (χ2v) is 5.31. The van der Waals surface area contributed by atoms with E-state index in [1.54, 1.807) is 24.3 Å². The zero-order valence-corrected chi connectivity index (χ0v) is 11.8. The van der Waals surface area contributed by atoms with E-state index in [1.807, 2.05) is 25.8 Å². The number of nitrogen functional groups attached to an aromatic ring is 1. The first-order valence-electron chi connectivity index (χ1n) is 6.32. The van der Waals surface area contributed by atoms with E-state index in [-0.39, 0.29) is 18.1 Å². The van der Waals surface area contributed by atoms with Gasteiger partial charge in [0.2, 0.25) is 5.91 Å². The number of nitrogens with one attached hydrogen (secondary N) is 1. The first kappa shape index (κ1) is 15.5. The number of carbonyl (C=O) groups excluding carboxylic acids is 1. The van der Waals surface area contributed by atoms with Gasteiger partial charge in [-0.2, -0.15) is 0 Å². The maximum Gasteiger partial charge on any atom is 0.225 e. The summed E-state index contributed by atoms with van der Waals surface area (Å²) in [5.41, 5.74) is 6.67. The Kier molecular flexibility index (Phi) is 5.32. The molecule has 106 valence electrons. The molecule has 0 radical (unpaired) electrons. The standard InChI is InChI=1S/C14H23N3O2/c1-14(2,10-18)17(3)9-8-13(19)16-12-6-4-11(15)5-7-12/h4-7,18H,8-10,15H2,1-3H3,(H,16,19). The van der Waals surface area contributed by atoms with E-state index in [0.29, 0.717) is 18.7 Å². The highest BCUT2D eigenvalue weighted by atomic mass is 16.3. The minimum Gasteiger partial charge on any atom is -0.399 e. The molecule has 5 heteroatoms. The molecule has 0 spiro atoms. The summed E-state index contributed by atoms with van der Waals surface area (Å²) < 4.78 is 0. The van der Waals surface area contributed by atoms with Crippen LogP contribution in [0.2, 0.25) is 0 Å². The van der Waals surface area contributed by atoms with Gasteiger partial charge in [-0.15, -0.1) is 0 Å². The van der Waals surface area contributed by atoms with E-state index in [4.69, 9.17) is 5.73 Å². The Labute approximate surface area is 114 Å². The molecule has 1 amide bonds. The van der Waals surface area contributed by atoms with Gasteiger partial charge in [-0.05, 0) is 45.2 Å². The fraction of sp³-hybridized carbons (Fsp3) is 0.500. The lowest BCUT2D eigenvalue weighted by molar-refractivity contribution is -0.116. The Bertz CT molecular complexity index is 415. The monoisotopic (exact) mass is 265 g/mol. The van der Waals surface area contributed by atoms with E-state index >= 15 is 0 Å². The number of aliphatic hydroxyl groups is 1. The van der Waals surface area contributed by atoms with Crippen LogP contribution in [0, 0.1) is 0 Å². The predicted octanol–water partition coefficient (Wildman–Crippen LogP) is 1.30. The highest BCUT2D eigenvalue weighted by molar-refractivity contribution is 5.90. The SMILES string of the molecule is CN(CCC(=O)Nc1ccc(N)cc1)C(C)(C)CO. The fourth-order valence-corrected chi connectivity index (χ4v) is 1.48. The van der Waals surface area contributed by atoms with Crippen molar-refractivity contribution in [1.29, 1.82) is 0 Å². The van der Waals surface area contributed by atoms with Crippen molar-refractivity contribution in [2.75, 3.05) is 31.2 Å². The van der Waals surface area contributed by atoms with Gasteiger partial charge >= 0.3 is 0 Å². The topological polar surface area (TPSA) is 78.6 Å². The van der Waals surface area contributed by atoms with Crippen LogP contribution in [0.4, 0.5) is 11.4 Å². The summed E-state index contributed by atoms with van der Waals surface area (Å²) in [7, 11) is 1.90. The van der Waals surface area contributed by atoms with Crippen LogP contribution in [0.25, 0.3) is 0 Å². The van der Waals surface area contributed by atoms with Crippen molar-refractivity contribution in [3.8, 4) is 0 Å². The summed E-state index contributed by atoms with van der Waals surface area (Å²) in [5.74, 6) is -0.0506. The summed E-state index contributed by atoms with van der Waals surface area (Å²) in [6.07, 6.45) is 0.379. The second-order valence-electron chi connectivity index (χ2n) is 5.31. The van der Waals surface area contributed by atoms with Crippen molar-refractivity contribution in [2.45, 2.75) is 25.8 Å². The van der Waals surface area contributed by atoms with E-state index in [0.717, 1.165) is 5.69 Å². The Morgan fingerprint density at radius 1 is 1.37 bits per heavy atom. The van der Waals surface area contributed by atoms with Crippen molar-refractivity contribution in [2.24, 2.45) is 0 Å². The average Bonchev–Trinajstić information content (AvgIpc) is 2.38. The van der Waals surface area contributed by atoms with Crippen molar-refractivity contribution < 1.29 is 9.90 Å². The number of benzene rings is 1. The number of anilines is 2. The van der Waals surface area contributed by atoms with Gasteiger partial charge in [0, 0.05) is 29.9 Å². The molecule has 0 atom stereocenters. The highest BCUT2D eigenvalue weighted by Gasteiger charge is 2.22. The molecule has 1 rings (SSSR count). The number of likely N-dealkylation sites (N-methyl/N-ethyl adjacent to an activating group) is 1. The zero-order valence-electron chi connectivity index (χ0n) is 11.8. The van der Waals surface area contributed by atoms with Crippen LogP contribution in [0.3, 0.4) is 0 Å². The van der Waals surface area contributed by atoms with Gasteiger partial charge in [0.05, 0.1) is 6.61 Å². The van der Waals surface area contributed by atoms with Crippen LogP contribution in [0.1, 0.15) is 20.3 Å². The summed E-state index contributed by atoms with van der Waals surface area (Å²) in [4.78, 5) is 13.8. The van der Waals surface area contributed by atoms with Crippen LogP contribution in [0.15, 0.2) is 24.3 Å².